The topological polar surface area (TPSA) is 62.5 Å². The van der Waals surface area contributed by atoms with Crippen LogP contribution in [0.4, 0.5) is 5.69 Å². The molecule has 0 radical (unpaired) electrons. The molecular weight excluding hydrogens is 268 g/mol. The lowest BCUT2D eigenvalue weighted by molar-refractivity contribution is 0.0569. The first-order chi connectivity index (χ1) is 10.0. The van der Waals surface area contributed by atoms with Crippen LogP contribution in [0, 0.1) is 6.92 Å². The number of carbonyl (C=O) groups is 1. The molecule has 1 saturated heterocycles. The van der Waals surface area contributed by atoms with Crippen molar-refractivity contribution in [2.24, 2.45) is 0 Å². The quantitative estimate of drug-likeness (QED) is 0.859. The van der Waals surface area contributed by atoms with Gasteiger partial charge in [-0.25, -0.2) is 0 Å². The maximum absolute atomic E-state index is 12.3. The maximum Gasteiger partial charge on any atom is 0.253 e. The van der Waals surface area contributed by atoms with Crippen molar-refractivity contribution in [3.63, 3.8) is 0 Å². The molecule has 1 aliphatic rings. The van der Waals surface area contributed by atoms with Crippen LogP contribution in [0.3, 0.4) is 0 Å². The van der Waals surface area contributed by atoms with Gasteiger partial charge in [-0.3, -0.25) is 4.79 Å². The van der Waals surface area contributed by atoms with Gasteiger partial charge in [-0.2, -0.15) is 4.98 Å². The van der Waals surface area contributed by atoms with Crippen molar-refractivity contribution in [2.75, 3.05) is 32.1 Å². The molecule has 0 N–H and O–H groups in total. The summed E-state index contributed by atoms with van der Waals surface area (Å²) in [6.07, 6.45) is 0. The normalized spacial score (nSPS) is 14.9. The van der Waals surface area contributed by atoms with Gasteiger partial charge in [0.25, 0.3) is 5.91 Å². The molecule has 6 nitrogen and oxygen atoms in total. The third-order valence-corrected chi connectivity index (χ3v) is 3.69. The molecule has 2 heterocycles. The summed E-state index contributed by atoms with van der Waals surface area (Å²) in [6, 6.07) is 7.63. The highest BCUT2D eigenvalue weighted by Crippen LogP contribution is 2.27. The number of benzene rings is 1. The molecule has 1 aromatic heterocycles. The van der Waals surface area contributed by atoms with Gasteiger partial charge in [-0.05, 0) is 31.2 Å². The lowest BCUT2D eigenvalue weighted by Gasteiger charge is -2.37. The van der Waals surface area contributed by atoms with Crippen LogP contribution < -0.4 is 4.90 Å². The van der Waals surface area contributed by atoms with E-state index in [-0.39, 0.29) is 11.8 Å². The molecule has 0 unspecified atom stereocenters. The first-order valence-corrected chi connectivity index (χ1v) is 6.91. The summed E-state index contributed by atoms with van der Waals surface area (Å²) >= 11 is 0. The smallest absolute Gasteiger partial charge is 0.253 e. The highest BCUT2D eigenvalue weighted by Gasteiger charge is 2.35. The Bertz CT molecular complexity index is 642. The fourth-order valence-electron chi connectivity index (χ4n) is 2.36. The van der Waals surface area contributed by atoms with Gasteiger partial charge in [-0.15, -0.1) is 0 Å². The van der Waals surface area contributed by atoms with Crippen LogP contribution in [-0.4, -0.2) is 48.1 Å². The third kappa shape index (κ3) is 2.61. The molecule has 2 aromatic rings. The van der Waals surface area contributed by atoms with E-state index in [0.717, 1.165) is 5.69 Å². The Morgan fingerprint density at radius 1 is 1.29 bits per heavy atom. The molecule has 0 bridgehead atoms. The summed E-state index contributed by atoms with van der Waals surface area (Å²) in [4.78, 5) is 20.4. The van der Waals surface area contributed by atoms with Crippen molar-refractivity contribution in [1.82, 2.24) is 15.0 Å². The van der Waals surface area contributed by atoms with E-state index < -0.39 is 0 Å². The lowest BCUT2D eigenvalue weighted by atomic mass is 9.98. The van der Waals surface area contributed by atoms with E-state index in [2.05, 4.69) is 10.1 Å². The Morgan fingerprint density at radius 2 is 1.95 bits per heavy atom. The van der Waals surface area contributed by atoms with Crippen molar-refractivity contribution in [3.8, 4) is 0 Å². The highest BCUT2D eigenvalue weighted by molar-refractivity contribution is 5.95. The number of rotatable bonds is 3. The zero-order chi connectivity index (χ0) is 15.0. The van der Waals surface area contributed by atoms with E-state index in [1.165, 1.54) is 0 Å². The summed E-state index contributed by atoms with van der Waals surface area (Å²) in [5.74, 6) is 1.47. The largest absolute Gasteiger partial charge is 0.378 e. The van der Waals surface area contributed by atoms with Crippen LogP contribution in [0.5, 0.6) is 0 Å². The van der Waals surface area contributed by atoms with Crippen LogP contribution in [0.15, 0.2) is 28.8 Å². The van der Waals surface area contributed by atoms with Crippen molar-refractivity contribution in [1.29, 1.82) is 0 Å². The molecule has 110 valence electrons. The average molecular weight is 286 g/mol. The number of nitrogens with zero attached hydrogens (tertiary/aromatic N) is 4. The SMILES string of the molecule is Cc1noc(C2CN(C(=O)c3ccc(N(C)C)cc3)C2)n1. The second-order valence-corrected chi connectivity index (χ2v) is 5.53. The third-order valence-electron chi connectivity index (χ3n) is 3.69. The fourth-order valence-corrected chi connectivity index (χ4v) is 2.36. The Balaban J connectivity index is 1.62. The van der Waals surface area contributed by atoms with Crippen LogP contribution >= 0.6 is 0 Å². The van der Waals surface area contributed by atoms with Gasteiger partial charge in [-0.1, -0.05) is 5.16 Å². The van der Waals surface area contributed by atoms with Crippen LogP contribution in [0.25, 0.3) is 0 Å². The maximum atomic E-state index is 12.3. The van der Waals surface area contributed by atoms with Crippen molar-refractivity contribution in [3.05, 3.63) is 41.5 Å². The molecule has 3 rings (SSSR count). The van der Waals surface area contributed by atoms with Crippen molar-refractivity contribution >= 4 is 11.6 Å². The van der Waals surface area contributed by atoms with Crippen molar-refractivity contribution in [2.45, 2.75) is 12.8 Å². The van der Waals surface area contributed by atoms with E-state index in [1.807, 2.05) is 43.3 Å². The summed E-state index contributed by atoms with van der Waals surface area (Å²) in [6.45, 7) is 3.06. The number of hydrogen-bond acceptors (Lipinski definition) is 5. The van der Waals surface area contributed by atoms with Crippen LogP contribution in [-0.2, 0) is 0 Å². The number of likely N-dealkylation sites (tertiary alicyclic amines) is 1. The average Bonchev–Trinajstić information content (AvgIpc) is 2.83. The van der Waals surface area contributed by atoms with Crippen LogP contribution in [0.2, 0.25) is 0 Å². The second kappa shape index (κ2) is 5.20. The molecule has 21 heavy (non-hydrogen) atoms. The molecule has 0 saturated carbocycles. The Labute approximate surface area is 123 Å². The molecule has 0 atom stereocenters. The Kier molecular flexibility index (Phi) is 3.37. The second-order valence-electron chi connectivity index (χ2n) is 5.53. The van der Waals surface area contributed by atoms with Gasteiger partial charge >= 0.3 is 0 Å². The number of amides is 1. The monoisotopic (exact) mass is 286 g/mol. The molecule has 1 amide bonds. The van der Waals surface area contributed by atoms with Gasteiger partial charge in [0.15, 0.2) is 5.82 Å². The van der Waals surface area contributed by atoms with Gasteiger partial charge in [0.2, 0.25) is 5.89 Å². The zero-order valence-electron chi connectivity index (χ0n) is 12.4. The summed E-state index contributed by atoms with van der Waals surface area (Å²) in [5.41, 5.74) is 1.79. The van der Waals surface area contributed by atoms with E-state index in [4.69, 9.17) is 4.52 Å². The highest BCUT2D eigenvalue weighted by atomic mass is 16.5. The molecular formula is C15H18N4O2. The zero-order valence-corrected chi connectivity index (χ0v) is 12.4. The van der Waals surface area contributed by atoms with Gasteiger partial charge in [0, 0.05) is 38.4 Å². The summed E-state index contributed by atoms with van der Waals surface area (Å²) in [5, 5.41) is 3.78. The van der Waals surface area contributed by atoms with Gasteiger partial charge in [0.05, 0.1) is 5.92 Å². The van der Waals surface area contributed by atoms with E-state index in [0.29, 0.717) is 30.4 Å². The molecule has 1 fully saturated rings. The lowest BCUT2D eigenvalue weighted by Crippen LogP contribution is -2.48. The number of carbonyl (C=O) groups excluding carboxylic acids is 1. The first-order valence-electron chi connectivity index (χ1n) is 6.91. The Hall–Kier alpha value is -2.37. The minimum absolute atomic E-state index is 0.0489. The molecule has 1 aliphatic heterocycles. The standard InChI is InChI=1S/C15H18N4O2/c1-10-16-14(21-17-10)12-8-19(9-12)15(20)11-4-6-13(7-5-11)18(2)3/h4-7,12H,8-9H2,1-3H3. The number of anilines is 1. The summed E-state index contributed by atoms with van der Waals surface area (Å²) < 4.78 is 5.14. The van der Waals surface area contributed by atoms with E-state index >= 15 is 0 Å². The minimum Gasteiger partial charge on any atom is -0.378 e. The number of aromatic nitrogens is 2. The predicted octanol–water partition coefficient (Wildman–Crippen LogP) is 1.68. The Morgan fingerprint density at radius 3 is 2.48 bits per heavy atom. The van der Waals surface area contributed by atoms with Gasteiger partial charge < -0.3 is 14.3 Å². The molecule has 1 aromatic carbocycles. The molecule has 0 aliphatic carbocycles. The van der Waals surface area contributed by atoms with Crippen LogP contribution in [0.1, 0.15) is 28.0 Å². The minimum atomic E-state index is 0.0489. The first kappa shape index (κ1) is 13.6. The number of aryl methyl sites for hydroxylation is 1. The summed E-state index contributed by atoms with van der Waals surface area (Å²) in [7, 11) is 3.95. The van der Waals surface area contributed by atoms with Crippen molar-refractivity contribution < 1.29 is 9.32 Å². The predicted molar refractivity (Wildman–Crippen MR) is 78.4 cm³/mol. The van der Waals surface area contributed by atoms with E-state index in [9.17, 15) is 4.79 Å². The van der Waals surface area contributed by atoms with Gasteiger partial charge in [0.1, 0.15) is 0 Å². The molecule has 0 spiro atoms. The van der Waals surface area contributed by atoms with E-state index in [1.54, 1.807) is 11.8 Å². The molecule has 6 heteroatoms. The number of hydrogen-bond donors (Lipinski definition) is 0. The fraction of sp³-hybridized carbons (Fsp3) is 0.400.